The fourth-order valence-electron chi connectivity index (χ4n) is 4.80. The summed E-state index contributed by atoms with van der Waals surface area (Å²) in [5.41, 5.74) is 4.13. The first-order chi connectivity index (χ1) is 17.7. The Hall–Kier alpha value is -4.03. The summed E-state index contributed by atoms with van der Waals surface area (Å²) in [6.45, 7) is 3.22. The smallest absolute Gasteiger partial charge is 0.434 e. The molecule has 4 aromatic rings. The highest BCUT2D eigenvalue weighted by atomic mass is 19.4. The Labute approximate surface area is 210 Å². The zero-order chi connectivity index (χ0) is 25.9. The summed E-state index contributed by atoms with van der Waals surface area (Å²) in [4.78, 5) is 23.6. The highest BCUT2D eigenvalue weighted by Crippen LogP contribution is 2.44. The summed E-state index contributed by atoms with van der Waals surface area (Å²) in [5.74, 6) is 1.57. The maximum atomic E-state index is 13.1. The Morgan fingerprint density at radius 2 is 1.89 bits per heavy atom. The number of aromatic nitrogens is 8. The van der Waals surface area contributed by atoms with Crippen molar-refractivity contribution in [1.29, 1.82) is 0 Å². The highest BCUT2D eigenvalue weighted by Gasteiger charge is 2.35. The molecule has 0 N–H and O–H groups in total. The lowest BCUT2D eigenvalue weighted by Crippen LogP contribution is -2.32. The third-order valence-corrected chi connectivity index (χ3v) is 6.81. The van der Waals surface area contributed by atoms with Gasteiger partial charge in [0.25, 0.3) is 0 Å². The molecule has 0 amide bonds. The summed E-state index contributed by atoms with van der Waals surface area (Å²) in [6, 6.07) is 0. The molecule has 0 atom stereocenters. The van der Waals surface area contributed by atoms with Gasteiger partial charge in [0, 0.05) is 31.3 Å². The SMILES string of the molecule is COc1ncnc(C2CC2)c1-n1nc(C)c2c1CN(c1cnc(-c3nc(C(F)(F)F)cn3C)cn1)CC2. The summed E-state index contributed by atoms with van der Waals surface area (Å²) < 4.78 is 48.0. The van der Waals surface area contributed by atoms with E-state index in [0.717, 1.165) is 48.2 Å². The molecule has 13 heteroatoms. The largest absolute Gasteiger partial charge is 0.479 e. The number of rotatable bonds is 5. The summed E-state index contributed by atoms with van der Waals surface area (Å²) in [5, 5.41) is 4.85. The molecule has 0 bridgehead atoms. The molecule has 1 saturated carbocycles. The second-order valence-corrected chi connectivity index (χ2v) is 9.30. The van der Waals surface area contributed by atoms with Crippen LogP contribution in [0, 0.1) is 6.92 Å². The number of aryl methyl sites for hydroxylation is 2. The van der Waals surface area contributed by atoms with Gasteiger partial charge in [0.2, 0.25) is 5.88 Å². The second kappa shape index (κ2) is 8.53. The summed E-state index contributed by atoms with van der Waals surface area (Å²) in [7, 11) is 3.09. The number of anilines is 1. The molecule has 0 spiro atoms. The van der Waals surface area contributed by atoms with E-state index in [2.05, 4.69) is 29.8 Å². The van der Waals surface area contributed by atoms with Crippen molar-refractivity contribution in [3.05, 3.63) is 53.3 Å². The van der Waals surface area contributed by atoms with E-state index in [1.54, 1.807) is 13.3 Å². The van der Waals surface area contributed by atoms with E-state index >= 15 is 0 Å². The molecule has 37 heavy (non-hydrogen) atoms. The molecule has 4 aromatic heterocycles. The van der Waals surface area contributed by atoms with E-state index in [1.165, 1.54) is 29.7 Å². The van der Waals surface area contributed by atoms with Crippen molar-refractivity contribution in [2.45, 2.75) is 44.8 Å². The minimum Gasteiger partial charge on any atom is -0.479 e. The lowest BCUT2D eigenvalue weighted by atomic mass is 10.0. The number of hydrogen-bond donors (Lipinski definition) is 0. The molecule has 1 aliphatic carbocycles. The first-order valence-corrected chi connectivity index (χ1v) is 11.9. The predicted molar refractivity (Wildman–Crippen MR) is 126 cm³/mol. The standard InChI is InChI=1S/C24H24F3N9O/c1-13-15-6-7-35(19-9-28-16(8-29-19)22-32-18(11-34(22)2)24(25,26)27)10-17(15)36(33-13)21-20(14-4-5-14)30-12-31-23(21)37-3/h8-9,11-12,14H,4-7,10H2,1-3H3. The van der Waals surface area contributed by atoms with Crippen LogP contribution in [0.2, 0.25) is 0 Å². The number of alkyl halides is 3. The molecule has 192 valence electrons. The second-order valence-electron chi connectivity index (χ2n) is 9.30. The highest BCUT2D eigenvalue weighted by molar-refractivity contribution is 5.54. The van der Waals surface area contributed by atoms with Crippen molar-refractivity contribution in [1.82, 2.24) is 39.3 Å². The van der Waals surface area contributed by atoms with Gasteiger partial charge < -0.3 is 14.2 Å². The van der Waals surface area contributed by atoms with Crippen LogP contribution in [0.15, 0.2) is 24.9 Å². The average Bonchev–Trinajstić information content (AvgIpc) is 3.58. The zero-order valence-electron chi connectivity index (χ0n) is 20.5. The monoisotopic (exact) mass is 511 g/mol. The van der Waals surface area contributed by atoms with Gasteiger partial charge in [0.05, 0.1) is 43.1 Å². The van der Waals surface area contributed by atoms with Crippen LogP contribution in [-0.4, -0.2) is 52.9 Å². The van der Waals surface area contributed by atoms with Crippen molar-refractivity contribution >= 4 is 5.82 Å². The summed E-state index contributed by atoms with van der Waals surface area (Å²) in [6.07, 6.45) is 3.87. The van der Waals surface area contributed by atoms with Gasteiger partial charge in [-0.25, -0.2) is 24.6 Å². The maximum Gasteiger partial charge on any atom is 0.434 e. The Morgan fingerprint density at radius 1 is 1.08 bits per heavy atom. The van der Waals surface area contributed by atoms with E-state index in [9.17, 15) is 13.2 Å². The number of imidazole rings is 1. The Morgan fingerprint density at radius 3 is 2.54 bits per heavy atom. The van der Waals surface area contributed by atoms with E-state index < -0.39 is 11.9 Å². The van der Waals surface area contributed by atoms with Crippen LogP contribution in [0.3, 0.4) is 0 Å². The molecule has 1 aliphatic heterocycles. The van der Waals surface area contributed by atoms with Gasteiger partial charge in [-0.15, -0.1) is 0 Å². The van der Waals surface area contributed by atoms with Crippen LogP contribution in [0.1, 0.15) is 47.1 Å². The van der Waals surface area contributed by atoms with Gasteiger partial charge in [-0.2, -0.15) is 23.3 Å². The van der Waals surface area contributed by atoms with Gasteiger partial charge in [0.15, 0.2) is 11.5 Å². The van der Waals surface area contributed by atoms with Gasteiger partial charge in [0.1, 0.15) is 23.5 Å². The third kappa shape index (κ3) is 4.07. The van der Waals surface area contributed by atoms with Crippen molar-refractivity contribution in [3.63, 3.8) is 0 Å². The van der Waals surface area contributed by atoms with Crippen LogP contribution < -0.4 is 9.64 Å². The Bertz CT molecular complexity index is 1470. The molecule has 0 saturated heterocycles. The molecule has 6 rings (SSSR count). The number of hydrogen-bond acceptors (Lipinski definition) is 8. The number of halogens is 3. The van der Waals surface area contributed by atoms with Crippen molar-refractivity contribution < 1.29 is 17.9 Å². The minimum atomic E-state index is -4.53. The van der Waals surface area contributed by atoms with Crippen LogP contribution in [0.5, 0.6) is 5.88 Å². The average molecular weight is 512 g/mol. The van der Waals surface area contributed by atoms with E-state index in [4.69, 9.17) is 9.84 Å². The fraction of sp³-hybridized carbons (Fsp3) is 0.417. The minimum absolute atomic E-state index is 0.102. The number of ether oxygens (including phenoxy) is 1. The lowest BCUT2D eigenvalue weighted by Gasteiger charge is -2.29. The van der Waals surface area contributed by atoms with Crippen molar-refractivity contribution in [2.24, 2.45) is 7.05 Å². The van der Waals surface area contributed by atoms with Crippen LogP contribution in [0.25, 0.3) is 17.2 Å². The quantitative estimate of drug-likeness (QED) is 0.401. The van der Waals surface area contributed by atoms with Gasteiger partial charge in [-0.05, 0) is 26.2 Å². The number of nitrogens with zero attached hydrogens (tertiary/aromatic N) is 9. The topological polar surface area (TPSA) is 99.7 Å². The van der Waals surface area contributed by atoms with Gasteiger partial charge >= 0.3 is 6.18 Å². The molecule has 5 heterocycles. The van der Waals surface area contributed by atoms with E-state index in [-0.39, 0.29) is 11.5 Å². The maximum absolute atomic E-state index is 13.1. The molecule has 0 unspecified atom stereocenters. The molecular weight excluding hydrogens is 487 g/mol. The Kier molecular flexibility index (Phi) is 5.39. The van der Waals surface area contributed by atoms with Crippen LogP contribution in [-0.2, 0) is 26.2 Å². The molecule has 0 aromatic carbocycles. The predicted octanol–water partition coefficient (Wildman–Crippen LogP) is 3.63. The normalized spacial score (nSPS) is 15.7. The van der Waals surface area contributed by atoms with Crippen LogP contribution in [0.4, 0.5) is 19.0 Å². The molecule has 1 fully saturated rings. The number of methoxy groups -OCH3 is 1. The first kappa shape index (κ1) is 23.4. The fourth-order valence-corrected chi connectivity index (χ4v) is 4.80. The first-order valence-electron chi connectivity index (χ1n) is 11.9. The molecular formula is C24H24F3N9O. The van der Waals surface area contributed by atoms with Crippen LogP contribution >= 0.6 is 0 Å². The lowest BCUT2D eigenvalue weighted by molar-refractivity contribution is -0.140. The number of fused-ring (bicyclic) bond motifs is 1. The zero-order valence-corrected chi connectivity index (χ0v) is 20.5. The van der Waals surface area contributed by atoms with Crippen molar-refractivity contribution in [3.8, 4) is 23.1 Å². The molecule has 0 radical (unpaired) electrons. The van der Waals surface area contributed by atoms with Gasteiger partial charge in [-0.3, -0.25) is 0 Å². The van der Waals surface area contributed by atoms with E-state index in [1.807, 2.05) is 11.6 Å². The third-order valence-electron chi connectivity index (χ3n) is 6.81. The Balaban J connectivity index is 1.32. The molecule has 2 aliphatic rings. The van der Waals surface area contributed by atoms with E-state index in [0.29, 0.717) is 30.7 Å². The van der Waals surface area contributed by atoms with Crippen molar-refractivity contribution in [2.75, 3.05) is 18.6 Å². The van der Waals surface area contributed by atoms with Gasteiger partial charge in [-0.1, -0.05) is 0 Å². The molecule has 10 nitrogen and oxygen atoms in total. The summed E-state index contributed by atoms with van der Waals surface area (Å²) >= 11 is 0.